The molecule has 0 unspecified atom stereocenters. The lowest BCUT2D eigenvalue weighted by Gasteiger charge is -1.98. The molecular weight excluding hydrogens is 278 g/mol. The number of aromatic nitrogens is 2. The standard InChI is InChI=1S/C13H13N3O3S/c1-8-6-11(20-10(8)4-3-5-17)13(18)14-7-12-15-9(2)19-16-12/h6,17H,5,7H2,1-2H3,(H,14,18). The Morgan fingerprint density at radius 1 is 1.55 bits per heavy atom. The number of nitrogens with one attached hydrogen (secondary N) is 1. The van der Waals surface area contributed by atoms with E-state index < -0.39 is 0 Å². The first-order valence-corrected chi connectivity index (χ1v) is 6.69. The molecule has 0 fully saturated rings. The number of aliphatic hydroxyl groups excluding tert-OH is 1. The zero-order valence-electron chi connectivity index (χ0n) is 11.1. The van der Waals surface area contributed by atoms with Gasteiger partial charge in [0.25, 0.3) is 5.91 Å². The second-order valence-corrected chi connectivity index (χ2v) is 5.05. The molecule has 0 aromatic carbocycles. The van der Waals surface area contributed by atoms with E-state index in [-0.39, 0.29) is 19.1 Å². The summed E-state index contributed by atoms with van der Waals surface area (Å²) >= 11 is 1.29. The summed E-state index contributed by atoms with van der Waals surface area (Å²) in [7, 11) is 0. The molecule has 20 heavy (non-hydrogen) atoms. The molecule has 2 rings (SSSR count). The van der Waals surface area contributed by atoms with Gasteiger partial charge in [0.1, 0.15) is 6.61 Å². The number of amides is 1. The van der Waals surface area contributed by atoms with Crippen LogP contribution in [0.3, 0.4) is 0 Å². The molecule has 0 aliphatic rings. The van der Waals surface area contributed by atoms with Crippen molar-refractivity contribution in [2.45, 2.75) is 20.4 Å². The van der Waals surface area contributed by atoms with E-state index in [9.17, 15) is 4.79 Å². The van der Waals surface area contributed by atoms with Crippen molar-refractivity contribution in [3.8, 4) is 11.8 Å². The van der Waals surface area contributed by atoms with E-state index >= 15 is 0 Å². The van der Waals surface area contributed by atoms with Crippen molar-refractivity contribution in [2.24, 2.45) is 0 Å². The number of carbonyl (C=O) groups excluding carboxylic acids is 1. The van der Waals surface area contributed by atoms with Gasteiger partial charge < -0.3 is 14.9 Å². The number of nitrogens with zero attached hydrogens (tertiary/aromatic N) is 2. The van der Waals surface area contributed by atoms with Gasteiger partial charge >= 0.3 is 0 Å². The van der Waals surface area contributed by atoms with Crippen LogP contribution in [0, 0.1) is 25.7 Å². The van der Waals surface area contributed by atoms with Gasteiger partial charge in [-0.05, 0) is 18.6 Å². The van der Waals surface area contributed by atoms with Crippen LogP contribution in [0.2, 0.25) is 0 Å². The van der Waals surface area contributed by atoms with Crippen LogP contribution in [0.5, 0.6) is 0 Å². The maximum atomic E-state index is 12.0. The number of rotatable bonds is 3. The van der Waals surface area contributed by atoms with E-state index in [1.165, 1.54) is 11.3 Å². The summed E-state index contributed by atoms with van der Waals surface area (Å²) in [6.45, 7) is 3.57. The number of aryl methyl sites for hydroxylation is 2. The molecule has 1 amide bonds. The predicted molar refractivity (Wildman–Crippen MR) is 73.2 cm³/mol. The number of hydrogen-bond acceptors (Lipinski definition) is 6. The molecule has 6 nitrogen and oxygen atoms in total. The Balaban J connectivity index is 2.02. The molecule has 0 aliphatic heterocycles. The van der Waals surface area contributed by atoms with Crippen LogP contribution in [-0.4, -0.2) is 27.8 Å². The van der Waals surface area contributed by atoms with Crippen molar-refractivity contribution in [1.82, 2.24) is 15.5 Å². The van der Waals surface area contributed by atoms with Crippen molar-refractivity contribution in [3.05, 3.63) is 33.1 Å². The zero-order chi connectivity index (χ0) is 14.5. The van der Waals surface area contributed by atoms with Gasteiger partial charge in [-0.15, -0.1) is 11.3 Å². The average molecular weight is 291 g/mol. The Morgan fingerprint density at radius 2 is 2.35 bits per heavy atom. The fourth-order valence-corrected chi connectivity index (χ4v) is 2.46. The third-order valence-electron chi connectivity index (χ3n) is 2.40. The van der Waals surface area contributed by atoms with E-state index in [1.54, 1.807) is 13.0 Å². The van der Waals surface area contributed by atoms with E-state index in [4.69, 9.17) is 9.63 Å². The molecule has 0 spiro atoms. The largest absolute Gasteiger partial charge is 0.384 e. The van der Waals surface area contributed by atoms with E-state index in [0.29, 0.717) is 16.6 Å². The fourth-order valence-electron chi connectivity index (χ4n) is 1.50. The van der Waals surface area contributed by atoms with Crippen LogP contribution in [0.4, 0.5) is 0 Å². The summed E-state index contributed by atoms with van der Waals surface area (Å²) in [5.74, 6) is 6.07. The van der Waals surface area contributed by atoms with Crippen molar-refractivity contribution >= 4 is 17.2 Å². The van der Waals surface area contributed by atoms with Crippen molar-refractivity contribution in [2.75, 3.05) is 6.61 Å². The van der Waals surface area contributed by atoms with Crippen LogP contribution in [-0.2, 0) is 6.54 Å². The van der Waals surface area contributed by atoms with Gasteiger partial charge in [0.2, 0.25) is 5.89 Å². The Hall–Kier alpha value is -2.17. The SMILES string of the molecule is Cc1nc(CNC(=O)c2cc(C)c(C#CCO)s2)no1. The second kappa shape index (κ2) is 6.32. The van der Waals surface area contributed by atoms with Crippen LogP contribution in [0.15, 0.2) is 10.6 Å². The van der Waals surface area contributed by atoms with Gasteiger partial charge in [0, 0.05) is 6.92 Å². The average Bonchev–Trinajstić information content (AvgIpc) is 3.00. The number of hydrogen-bond donors (Lipinski definition) is 2. The fraction of sp³-hybridized carbons (Fsp3) is 0.308. The van der Waals surface area contributed by atoms with Crippen molar-refractivity contribution < 1.29 is 14.4 Å². The lowest BCUT2D eigenvalue weighted by molar-refractivity contribution is 0.0953. The van der Waals surface area contributed by atoms with Crippen LogP contribution in [0.1, 0.15) is 31.8 Å². The highest BCUT2D eigenvalue weighted by atomic mass is 32.1. The molecule has 0 saturated carbocycles. The lowest BCUT2D eigenvalue weighted by atomic mass is 10.2. The molecule has 2 aromatic heterocycles. The van der Waals surface area contributed by atoms with Crippen LogP contribution < -0.4 is 5.32 Å². The first-order valence-electron chi connectivity index (χ1n) is 5.87. The molecule has 2 heterocycles. The molecule has 0 aliphatic carbocycles. The Labute approximate surface area is 119 Å². The summed E-state index contributed by atoms with van der Waals surface area (Å²) < 4.78 is 4.82. The van der Waals surface area contributed by atoms with Crippen LogP contribution in [0.25, 0.3) is 0 Å². The summed E-state index contributed by atoms with van der Waals surface area (Å²) in [5, 5.41) is 15.1. The third-order valence-corrected chi connectivity index (χ3v) is 3.55. The van der Waals surface area contributed by atoms with E-state index in [0.717, 1.165) is 10.4 Å². The minimum Gasteiger partial charge on any atom is -0.384 e. The van der Waals surface area contributed by atoms with Gasteiger partial charge in [-0.2, -0.15) is 4.98 Å². The van der Waals surface area contributed by atoms with Crippen molar-refractivity contribution in [3.63, 3.8) is 0 Å². The lowest BCUT2D eigenvalue weighted by Crippen LogP contribution is -2.22. The quantitative estimate of drug-likeness (QED) is 0.824. The molecule has 0 saturated heterocycles. The topological polar surface area (TPSA) is 88.2 Å². The smallest absolute Gasteiger partial charge is 0.261 e. The van der Waals surface area contributed by atoms with Gasteiger partial charge in [-0.1, -0.05) is 17.0 Å². The molecule has 104 valence electrons. The minimum atomic E-state index is -0.211. The predicted octanol–water partition coefficient (Wildman–Crippen LogP) is 1.02. The molecule has 7 heteroatoms. The van der Waals surface area contributed by atoms with Gasteiger partial charge in [-0.25, -0.2) is 0 Å². The third kappa shape index (κ3) is 3.44. The Morgan fingerprint density at radius 3 is 3.00 bits per heavy atom. The summed E-state index contributed by atoms with van der Waals surface area (Å²) in [6, 6.07) is 1.77. The van der Waals surface area contributed by atoms with Gasteiger partial charge in [0.15, 0.2) is 5.82 Å². The molecule has 0 radical (unpaired) electrons. The number of thiophene rings is 1. The summed E-state index contributed by atoms with van der Waals surface area (Å²) in [6.07, 6.45) is 0. The maximum Gasteiger partial charge on any atom is 0.261 e. The summed E-state index contributed by atoms with van der Waals surface area (Å²) in [5.41, 5.74) is 0.913. The van der Waals surface area contributed by atoms with Gasteiger partial charge in [-0.3, -0.25) is 4.79 Å². The molecule has 2 aromatic rings. The van der Waals surface area contributed by atoms with Gasteiger partial charge in [0.05, 0.1) is 16.3 Å². The Bertz CT molecular complexity index is 679. The Kier molecular flexibility index (Phi) is 4.50. The first-order chi connectivity index (χ1) is 9.60. The zero-order valence-corrected chi connectivity index (χ0v) is 11.9. The van der Waals surface area contributed by atoms with E-state index in [2.05, 4.69) is 27.3 Å². The normalized spacial score (nSPS) is 9.95. The number of carbonyl (C=O) groups is 1. The molecule has 0 atom stereocenters. The summed E-state index contributed by atoms with van der Waals surface area (Å²) in [4.78, 5) is 17.3. The highest BCUT2D eigenvalue weighted by Gasteiger charge is 2.12. The molecule has 0 bridgehead atoms. The minimum absolute atomic E-state index is 0.198. The first kappa shape index (κ1) is 14.2. The maximum absolute atomic E-state index is 12.0. The van der Waals surface area contributed by atoms with Crippen LogP contribution >= 0.6 is 11.3 Å². The highest BCUT2D eigenvalue weighted by molar-refractivity contribution is 7.14. The van der Waals surface area contributed by atoms with E-state index in [1.807, 2.05) is 6.92 Å². The molecular formula is C13H13N3O3S. The number of aliphatic hydroxyl groups is 1. The monoisotopic (exact) mass is 291 g/mol. The highest BCUT2D eigenvalue weighted by Crippen LogP contribution is 2.20. The van der Waals surface area contributed by atoms with Crippen molar-refractivity contribution in [1.29, 1.82) is 0 Å². The second-order valence-electron chi connectivity index (χ2n) is 3.99. The molecule has 2 N–H and O–H groups in total.